The summed E-state index contributed by atoms with van der Waals surface area (Å²) < 4.78 is -1.77. The van der Waals surface area contributed by atoms with Crippen molar-refractivity contribution < 1.29 is 15.1 Å². The third-order valence-corrected chi connectivity index (χ3v) is 6.42. The van der Waals surface area contributed by atoms with Crippen LogP contribution in [0.15, 0.2) is 68.5 Å². The number of halogens is 3. The number of aliphatic hydroxyl groups is 2. The number of benzene rings is 2. The number of guanidine groups is 4. The van der Waals surface area contributed by atoms with Gasteiger partial charge in [-0.2, -0.15) is 9.98 Å². The molecular weight excluding hydrogens is 669 g/mol. The second-order valence-corrected chi connectivity index (χ2v) is 11.0. The predicted molar refractivity (Wildman–Crippen MR) is 178 cm³/mol. The van der Waals surface area contributed by atoms with E-state index in [4.69, 9.17) is 56.3 Å². The molecule has 18 heteroatoms. The van der Waals surface area contributed by atoms with Crippen LogP contribution in [-0.4, -0.2) is 69.7 Å². The molecule has 0 aliphatic rings. The molecule has 0 unspecified atom stereocenters. The van der Waals surface area contributed by atoms with E-state index >= 15 is 0 Å². The van der Waals surface area contributed by atoms with Crippen LogP contribution in [0.4, 0.5) is 11.4 Å². The molecule has 15 nitrogen and oxygen atoms in total. The van der Waals surface area contributed by atoms with Gasteiger partial charge in [0.05, 0.1) is 0 Å². The number of aliphatic imine (C=N–C) groups is 4. The van der Waals surface area contributed by atoms with Gasteiger partial charge in [0.15, 0.2) is 0 Å². The zero-order valence-electron chi connectivity index (χ0n) is 23.2. The Morgan fingerprint density at radius 1 is 0.767 bits per heavy atom. The lowest BCUT2D eigenvalue weighted by Crippen LogP contribution is -2.39. The maximum atomic E-state index is 9.92. The molecule has 2 rings (SSSR count). The molecule has 2 aromatic rings. The van der Waals surface area contributed by atoms with Crippen LogP contribution in [0.1, 0.15) is 25.7 Å². The lowest BCUT2D eigenvalue weighted by Gasteiger charge is -2.11. The van der Waals surface area contributed by atoms with Gasteiger partial charge in [0.1, 0.15) is 13.2 Å². The number of nitrogens with one attached hydrogen (secondary N) is 2. The van der Waals surface area contributed by atoms with Crippen LogP contribution >= 0.6 is 39.1 Å². The molecule has 0 bridgehead atoms. The van der Waals surface area contributed by atoms with Crippen molar-refractivity contribution in [2.45, 2.75) is 30.1 Å². The highest BCUT2D eigenvalue weighted by atomic mass is 79.9. The molecule has 0 saturated carbocycles. The first-order valence-corrected chi connectivity index (χ1v) is 14.3. The van der Waals surface area contributed by atoms with Crippen molar-refractivity contribution in [1.29, 1.82) is 0 Å². The van der Waals surface area contributed by atoms with Crippen molar-refractivity contribution in [1.82, 2.24) is 0 Å². The topological polar surface area (TPSA) is 261 Å². The fourth-order valence-electron chi connectivity index (χ4n) is 2.87. The van der Waals surface area contributed by atoms with Crippen LogP contribution in [0, 0.1) is 10.1 Å². The maximum Gasteiger partial charge on any atom is 0.319 e. The Hall–Kier alpha value is -3.70. The van der Waals surface area contributed by atoms with Crippen molar-refractivity contribution in [3.8, 4) is 0 Å². The van der Waals surface area contributed by atoms with Gasteiger partial charge < -0.3 is 43.8 Å². The molecule has 0 atom stereocenters. The average Bonchev–Trinajstić information content (AvgIpc) is 2.96. The number of nitrogens with zero attached hydrogens (tertiary/aromatic N) is 5. The Kier molecular flexibility index (Phi) is 17.6. The average molecular weight is 705 g/mol. The summed E-state index contributed by atoms with van der Waals surface area (Å²) in [5.41, 5.74) is 24.8. The highest BCUT2D eigenvalue weighted by molar-refractivity contribution is 9.10. The van der Waals surface area contributed by atoms with Gasteiger partial charge in [-0.25, -0.2) is 0 Å². The number of aliphatic hydroxyl groups excluding tert-OH is 2. The van der Waals surface area contributed by atoms with Gasteiger partial charge in [0, 0.05) is 55.4 Å². The first-order chi connectivity index (χ1) is 20.4. The number of alkyl halides is 1. The SMILES string of the molecule is NC(=NCCCCCCN=C(N)N=C(N)Nc1ccc(Cl)cc1)N=C(N)Nc1ccc(Cl)cc1.O=[N+]([O-])C(Br)(CO)CO. The lowest BCUT2D eigenvalue weighted by atomic mass is 10.2. The molecule has 0 heterocycles. The maximum absolute atomic E-state index is 9.92. The van der Waals surface area contributed by atoms with E-state index in [1.165, 1.54) is 0 Å². The molecular formula is C25H36BrCl2N11O4. The minimum Gasteiger partial charge on any atom is -0.388 e. The number of nitrogens with two attached hydrogens (primary N) is 4. The summed E-state index contributed by atoms with van der Waals surface area (Å²) >= 11 is 14.2. The molecule has 0 saturated heterocycles. The fourth-order valence-corrected chi connectivity index (χ4v) is 3.12. The number of hydrogen-bond acceptors (Lipinski definition) is 6. The van der Waals surface area contributed by atoms with E-state index in [9.17, 15) is 10.1 Å². The van der Waals surface area contributed by atoms with E-state index in [1.54, 1.807) is 48.5 Å². The van der Waals surface area contributed by atoms with Crippen LogP contribution < -0.4 is 33.6 Å². The van der Waals surface area contributed by atoms with Crippen molar-refractivity contribution in [2.24, 2.45) is 42.9 Å². The molecule has 0 aliphatic heterocycles. The number of hydrogen-bond donors (Lipinski definition) is 8. The summed E-state index contributed by atoms with van der Waals surface area (Å²) in [4.78, 5) is 25.6. The molecule has 0 spiro atoms. The first-order valence-electron chi connectivity index (χ1n) is 12.8. The number of anilines is 2. The molecule has 0 radical (unpaired) electrons. The molecule has 0 amide bonds. The summed E-state index contributed by atoms with van der Waals surface area (Å²) in [5.74, 6) is 0.564. The molecule has 0 fully saturated rings. The van der Waals surface area contributed by atoms with E-state index in [2.05, 4.69) is 46.5 Å². The van der Waals surface area contributed by atoms with Crippen LogP contribution in [0.3, 0.4) is 0 Å². The Morgan fingerprint density at radius 2 is 1.12 bits per heavy atom. The molecule has 236 valence electrons. The lowest BCUT2D eigenvalue weighted by molar-refractivity contribution is -0.542. The van der Waals surface area contributed by atoms with Gasteiger partial charge in [-0.05, 0) is 61.4 Å². The third-order valence-electron chi connectivity index (χ3n) is 5.13. The van der Waals surface area contributed by atoms with E-state index in [1.807, 2.05) is 0 Å². The second kappa shape index (κ2) is 20.2. The largest absolute Gasteiger partial charge is 0.388 e. The predicted octanol–water partition coefficient (Wildman–Crippen LogP) is 2.68. The number of unbranched alkanes of at least 4 members (excludes halogenated alkanes) is 3. The molecule has 43 heavy (non-hydrogen) atoms. The third kappa shape index (κ3) is 16.5. The zero-order chi connectivity index (χ0) is 32.3. The van der Waals surface area contributed by atoms with Crippen LogP contribution in [0.25, 0.3) is 0 Å². The van der Waals surface area contributed by atoms with Crippen molar-refractivity contribution in [3.05, 3.63) is 68.7 Å². The van der Waals surface area contributed by atoms with Gasteiger partial charge in [-0.3, -0.25) is 20.1 Å². The zero-order valence-corrected chi connectivity index (χ0v) is 26.3. The fraction of sp³-hybridized carbons (Fsp3) is 0.360. The van der Waals surface area contributed by atoms with Gasteiger partial charge in [0.25, 0.3) is 0 Å². The highest BCUT2D eigenvalue weighted by Crippen LogP contribution is 2.16. The smallest absolute Gasteiger partial charge is 0.319 e. The van der Waals surface area contributed by atoms with Crippen molar-refractivity contribution >= 4 is 74.3 Å². The highest BCUT2D eigenvalue weighted by Gasteiger charge is 2.38. The molecule has 0 aromatic heterocycles. The van der Waals surface area contributed by atoms with Crippen molar-refractivity contribution in [3.63, 3.8) is 0 Å². The van der Waals surface area contributed by atoms with E-state index < -0.39 is 22.6 Å². The normalized spacial score (nSPS) is 12.8. The molecule has 0 aliphatic carbocycles. The summed E-state index contributed by atoms with van der Waals surface area (Å²) in [6, 6.07) is 14.1. The van der Waals surface area contributed by atoms with Gasteiger partial charge in [-0.1, -0.05) is 36.0 Å². The van der Waals surface area contributed by atoms with Crippen molar-refractivity contribution in [2.75, 3.05) is 36.9 Å². The molecule has 12 N–H and O–H groups in total. The van der Waals surface area contributed by atoms with E-state index in [0.717, 1.165) is 37.1 Å². The molecule has 2 aromatic carbocycles. The standard InChI is InChI=1S/C22H30Cl2N10.C3H6BrNO4/c23-15-5-9-17(10-6-15)31-21(27)33-19(25)29-13-3-1-2-4-14-30-20(26)34-22(28)32-18-11-7-16(24)8-12-18;4-3(1-6,2-7)5(8)9/h5-12H,1-4,13-14H2,(H5,25,27,29,31,33)(H5,26,28,30,32,34);6-7H,1-2H2. The minimum absolute atomic E-state index is 0.124. The summed E-state index contributed by atoms with van der Waals surface area (Å²) in [5, 5.41) is 33.6. The Morgan fingerprint density at radius 3 is 1.40 bits per heavy atom. The minimum atomic E-state index is -1.77. The quantitative estimate of drug-likeness (QED) is 0.0304. The summed E-state index contributed by atoms with van der Waals surface area (Å²) in [7, 11) is 0. The van der Waals surface area contributed by atoms with Crippen LogP contribution in [0.5, 0.6) is 0 Å². The second-order valence-electron chi connectivity index (χ2n) is 8.64. The van der Waals surface area contributed by atoms with E-state index in [0.29, 0.717) is 23.1 Å². The van der Waals surface area contributed by atoms with Gasteiger partial charge >= 0.3 is 4.45 Å². The van der Waals surface area contributed by atoms with Gasteiger partial charge in [-0.15, -0.1) is 0 Å². The summed E-state index contributed by atoms with van der Waals surface area (Å²) in [6.07, 6.45) is 3.68. The summed E-state index contributed by atoms with van der Waals surface area (Å²) in [6.45, 7) is -0.328. The number of nitro groups is 1. The first kappa shape index (κ1) is 37.3. The Bertz CT molecular complexity index is 1170. The van der Waals surface area contributed by atoms with E-state index in [-0.39, 0.29) is 23.8 Å². The van der Waals surface area contributed by atoms with Crippen LogP contribution in [0.2, 0.25) is 10.0 Å². The van der Waals surface area contributed by atoms with Gasteiger partial charge in [0.2, 0.25) is 23.8 Å². The Balaban J connectivity index is 0.000000887. The Labute approximate surface area is 267 Å². The van der Waals surface area contributed by atoms with Crippen LogP contribution in [-0.2, 0) is 0 Å². The number of rotatable bonds is 12. The monoisotopic (exact) mass is 703 g/mol.